The van der Waals surface area contributed by atoms with E-state index in [0.717, 1.165) is 21.9 Å². The summed E-state index contributed by atoms with van der Waals surface area (Å²) in [5.41, 5.74) is 2.24. The van der Waals surface area contributed by atoms with Gasteiger partial charge in [-0.2, -0.15) is 0 Å². The van der Waals surface area contributed by atoms with E-state index < -0.39 is 0 Å². The second-order valence-electron chi connectivity index (χ2n) is 4.45. The molecule has 0 amide bonds. The quantitative estimate of drug-likeness (QED) is 0.705. The van der Waals surface area contributed by atoms with E-state index in [0.29, 0.717) is 0 Å². The molecule has 0 spiro atoms. The predicted molar refractivity (Wildman–Crippen MR) is 81.5 cm³/mol. The monoisotopic (exact) mass is 313 g/mol. The number of aromatic nitrogens is 1. The van der Waals surface area contributed by atoms with Crippen LogP contribution >= 0.6 is 15.9 Å². The second kappa shape index (κ2) is 5.02. The lowest BCUT2D eigenvalue weighted by Gasteiger charge is -2.10. The van der Waals surface area contributed by atoms with Gasteiger partial charge in [0.15, 0.2) is 5.43 Å². The Labute approximate surface area is 119 Å². The molecule has 0 unspecified atom stereocenters. The molecule has 1 aromatic heterocycles. The van der Waals surface area contributed by atoms with Gasteiger partial charge in [-0.15, -0.1) is 0 Å². The lowest BCUT2D eigenvalue weighted by atomic mass is 10.2. The molecule has 2 aromatic carbocycles. The van der Waals surface area contributed by atoms with Crippen molar-refractivity contribution in [3.05, 3.63) is 81.1 Å². The minimum Gasteiger partial charge on any atom is -0.343 e. The Morgan fingerprint density at radius 3 is 2.68 bits per heavy atom. The summed E-state index contributed by atoms with van der Waals surface area (Å²) in [6.45, 7) is 0.750. The van der Waals surface area contributed by atoms with E-state index in [1.807, 2.05) is 42.6 Å². The number of para-hydroxylation sites is 1. The largest absolute Gasteiger partial charge is 0.343 e. The molecular formula is C16H12BrNO. The van der Waals surface area contributed by atoms with Crippen molar-refractivity contribution in [1.82, 2.24) is 4.57 Å². The van der Waals surface area contributed by atoms with Crippen LogP contribution in [-0.2, 0) is 6.54 Å². The van der Waals surface area contributed by atoms with E-state index in [4.69, 9.17) is 0 Å². The summed E-state index contributed by atoms with van der Waals surface area (Å²) in [4.78, 5) is 11.8. The van der Waals surface area contributed by atoms with Crippen LogP contribution in [0.4, 0.5) is 0 Å². The highest BCUT2D eigenvalue weighted by Crippen LogP contribution is 2.15. The highest BCUT2D eigenvalue weighted by atomic mass is 79.9. The van der Waals surface area contributed by atoms with Crippen molar-refractivity contribution < 1.29 is 0 Å². The van der Waals surface area contributed by atoms with Crippen LogP contribution in [0.15, 0.2) is 70.1 Å². The molecule has 3 rings (SSSR count). The fraction of sp³-hybridized carbons (Fsp3) is 0.0625. The van der Waals surface area contributed by atoms with Crippen LogP contribution in [0.25, 0.3) is 10.9 Å². The molecule has 0 aliphatic heterocycles. The summed E-state index contributed by atoms with van der Waals surface area (Å²) in [5, 5.41) is 0.764. The van der Waals surface area contributed by atoms with E-state index in [-0.39, 0.29) is 5.43 Å². The molecule has 3 heteroatoms. The number of hydrogen-bond donors (Lipinski definition) is 0. The van der Waals surface area contributed by atoms with E-state index in [1.54, 1.807) is 6.07 Å². The first kappa shape index (κ1) is 12.2. The van der Waals surface area contributed by atoms with Gasteiger partial charge < -0.3 is 4.57 Å². The van der Waals surface area contributed by atoms with Gasteiger partial charge in [-0.05, 0) is 29.8 Å². The third-order valence-electron chi connectivity index (χ3n) is 3.13. The van der Waals surface area contributed by atoms with Gasteiger partial charge in [0.25, 0.3) is 0 Å². The zero-order chi connectivity index (χ0) is 13.2. The number of hydrogen-bond acceptors (Lipinski definition) is 1. The maximum Gasteiger partial charge on any atom is 0.189 e. The maximum absolute atomic E-state index is 11.8. The zero-order valence-corrected chi connectivity index (χ0v) is 11.8. The predicted octanol–water partition coefficient (Wildman–Crippen LogP) is 3.81. The summed E-state index contributed by atoms with van der Waals surface area (Å²) in [6.07, 6.45) is 1.85. The number of rotatable bonds is 2. The molecule has 0 atom stereocenters. The lowest BCUT2D eigenvalue weighted by Crippen LogP contribution is -2.08. The lowest BCUT2D eigenvalue weighted by molar-refractivity contribution is 0.825. The Morgan fingerprint density at radius 1 is 1.00 bits per heavy atom. The van der Waals surface area contributed by atoms with Crippen molar-refractivity contribution in [2.45, 2.75) is 6.54 Å². The molecule has 0 saturated heterocycles. The van der Waals surface area contributed by atoms with Crippen molar-refractivity contribution in [2.24, 2.45) is 0 Å². The molecular weight excluding hydrogens is 302 g/mol. The van der Waals surface area contributed by atoms with Crippen LogP contribution in [0.5, 0.6) is 0 Å². The third kappa shape index (κ3) is 2.47. The summed E-state index contributed by atoms with van der Waals surface area (Å²) < 4.78 is 3.16. The first-order chi connectivity index (χ1) is 9.24. The maximum atomic E-state index is 11.8. The molecule has 94 valence electrons. The van der Waals surface area contributed by atoms with Crippen LogP contribution in [0, 0.1) is 0 Å². The average molecular weight is 314 g/mol. The van der Waals surface area contributed by atoms with Crippen LogP contribution < -0.4 is 5.43 Å². The average Bonchev–Trinajstić information content (AvgIpc) is 2.42. The van der Waals surface area contributed by atoms with Crippen LogP contribution in [0.2, 0.25) is 0 Å². The normalized spacial score (nSPS) is 10.8. The van der Waals surface area contributed by atoms with Crippen molar-refractivity contribution in [1.29, 1.82) is 0 Å². The fourth-order valence-electron chi connectivity index (χ4n) is 2.23. The SMILES string of the molecule is O=c1ccn(Cc2cccc(Br)c2)c2ccccc12. The van der Waals surface area contributed by atoms with Crippen molar-refractivity contribution in [3.8, 4) is 0 Å². The molecule has 0 fully saturated rings. The highest BCUT2D eigenvalue weighted by molar-refractivity contribution is 9.10. The van der Waals surface area contributed by atoms with E-state index in [2.05, 4.69) is 32.6 Å². The molecule has 0 saturated carbocycles. The smallest absolute Gasteiger partial charge is 0.189 e. The van der Waals surface area contributed by atoms with Gasteiger partial charge in [0.2, 0.25) is 0 Å². The molecule has 2 nitrogen and oxygen atoms in total. The van der Waals surface area contributed by atoms with Gasteiger partial charge >= 0.3 is 0 Å². The number of benzene rings is 2. The molecule has 0 aliphatic rings. The standard InChI is InChI=1S/C16H12BrNO/c17-13-5-3-4-12(10-13)11-18-9-8-16(19)14-6-1-2-7-15(14)18/h1-10H,11H2. The van der Waals surface area contributed by atoms with E-state index >= 15 is 0 Å². The van der Waals surface area contributed by atoms with Gasteiger partial charge in [0.05, 0.1) is 5.52 Å². The second-order valence-corrected chi connectivity index (χ2v) is 5.37. The van der Waals surface area contributed by atoms with Gasteiger partial charge in [-0.25, -0.2) is 0 Å². The summed E-state index contributed by atoms with van der Waals surface area (Å²) in [5.74, 6) is 0. The molecule has 0 bridgehead atoms. The van der Waals surface area contributed by atoms with Gasteiger partial charge in [0.1, 0.15) is 0 Å². The summed E-state index contributed by atoms with van der Waals surface area (Å²) in [7, 11) is 0. The fourth-order valence-corrected chi connectivity index (χ4v) is 2.68. The van der Waals surface area contributed by atoms with Crippen LogP contribution in [-0.4, -0.2) is 4.57 Å². The number of pyridine rings is 1. The number of halogens is 1. The molecule has 0 N–H and O–H groups in total. The van der Waals surface area contributed by atoms with Gasteiger partial charge in [-0.3, -0.25) is 4.79 Å². The van der Waals surface area contributed by atoms with Crippen molar-refractivity contribution in [2.75, 3.05) is 0 Å². The summed E-state index contributed by atoms with van der Waals surface area (Å²) in [6, 6.07) is 17.5. The molecule has 0 aliphatic carbocycles. The Morgan fingerprint density at radius 2 is 1.84 bits per heavy atom. The Hall–Kier alpha value is -1.87. The minimum absolute atomic E-state index is 0.0705. The number of fused-ring (bicyclic) bond motifs is 1. The van der Waals surface area contributed by atoms with Crippen molar-refractivity contribution in [3.63, 3.8) is 0 Å². The Kier molecular flexibility index (Phi) is 3.22. The van der Waals surface area contributed by atoms with E-state index in [1.165, 1.54) is 5.56 Å². The number of nitrogens with zero attached hydrogens (tertiary/aromatic N) is 1. The van der Waals surface area contributed by atoms with Gasteiger partial charge in [0, 0.05) is 28.7 Å². The van der Waals surface area contributed by atoms with Crippen LogP contribution in [0.1, 0.15) is 5.56 Å². The Bertz CT molecular complexity index is 792. The Balaban J connectivity index is 2.11. The molecule has 0 radical (unpaired) electrons. The highest BCUT2D eigenvalue weighted by Gasteiger charge is 2.02. The minimum atomic E-state index is 0.0705. The topological polar surface area (TPSA) is 22.0 Å². The summed E-state index contributed by atoms with van der Waals surface area (Å²) >= 11 is 3.48. The molecule has 1 heterocycles. The molecule has 3 aromatic rings. The third-order valence-corrected chi connectivity index (χ3v) is 3.62. The first-order valence-corrected chi connectivity index (χ1v) is 6.86. The van der Waals surface area contributed by atoms with Gasteiger partial charge in [-0.1, -0.05) is 40.2 Å². The zero-order valence-electron chi connectivity index (χ0n) is 10.2. The molecule has 19 heavy (non-hydrogen) atoms. The van der Waals surface area contributed by atoms with Crippen molar-refractivity contribution >= 4 is 26.8 Å². The van der Waals surface area contributed by atoms with E-state index in [9.17, 15) is 4.79 Å². The first-order valence-electron chi connectivity index (χ1n) is 6.07. The van der Waals surface area contributed by atoms with Crippen LogP contribution in [0.3, 0.4) is 0 Å².